The maximum absolute atomic E-state index is 13.1. The van der Waals surface area contributed by atoms with Gasteiger partial charge in [-0.3, -0.25) is 4.79 Å². The van der Waals surface area contributed by atoms with Crippen molar-refractivity contribution in [3.05, 3.63) is 69.4 Å². The number of hydrogen-bond acceptors (Lipinski definition) is 1. The second-order valence-electron chi connectivity index (χ2n) is 4.50. The van der Waals surface area contributed by atoms with Gasteiger partial charge in [-0.25, -0.2) is 4.39 Å². The number of amides is 1. The lowest BCUT2D eigenvalue weighted by molar-refractivity contribution is -0.137. The van der Waals surface area contributed by atoms with Gasteiger partial charge in [-0.2, -0.15) is 13.2 Å². The van der Waals surface area contributed by atoms with Crippen molar-refractivity contribution >= 4 is 21.8 Å². The quantitative estimate of drug-likeness (QED) is 0.784. The van der Waals surface area contributed by atoms with E-state index in [1.54, 1.807) is 0 Å². The summed E-state index contributed by atoms with van der Waals surface area (Å²) < 4.78 is 51.3. The number of hydrogen-bond donors (Lipinski definition) is 1. The van der Waals surface area contributed by atoms with Gasteiger partial charge in [0.15, 0.2) is 0 Å². The molecule has 0 aliphatic rings. The molecule has 0 aliphatic carbocycles. The van der Waals surface area contributed by atoms with Crippen LogP contribution >= 0.6 is 15.9 Å². The smallest absolute Gasteiger partial charge is 0.348 e. The molecule has 0 aromatic heterocycles. The molecule has 0 atom stereocenters. The molecule has 1 amide bonds. The van der Waals surface area contributed by atoms with E-state index in [9.17, 15) is 22.4 Å². The highest BCUT2D eigenvalue weighted by Crippen LogP contribution is 2.29. The minimum atomic E-state index is -4.44. The Hall–Kier alpha value is -1.89. The van der Waals surface area contributed by atoms with Crippen molar-refractivity contribution in [2.45, 2.75) is 12.7 Å². The molecule has 2 nitrogen and oxygen atoms in total. The third-order valence-electron chi connectivity index (χ3n) is 2.88. The van der Waals surface area contributed by atoms with E-state index in [1.165, 1.54) is 24.3 Å². The molecule has 2 rings (SSSR count). The van der Waals surface area contributed by atoms with Crippen molar-refractivity contribution < 1.29 is 22.4 Å². The van der Waals surface area contributed by atoms with Gasteiger partial charge in [0, 0.05) is 11.0 Å². The van der Waals surface area contributed by atoms with E-state index >= 15 is 0 Å². The molecule has 22 heavy (non-hydrogen) atoms. The van der Waals surface area contributed by atoms with E-state index in [0.717, 1.165) is 18.2 Å². The topological polar surface area (TPSA) is 29.1 Å². The van der Waals surface area contributed by atoms with Gasteiger partial charge in [0.25, 0.3) is 5.91 Å². The standard InChI is InChI=1S/C15H10BrF4NO/c16-13-5-4-11(17)7-12(13)14(22)21-8-9-2-1-3-10(6-9)15(18,19)20/h1-7H,8H2,(H,21,22). The summed E-state index contributed by atoms with van der Waals surface area (Å²) in [5, 5.41) is 2.46. The Morgan fingerprint density at radius 3 is 2.55 bits per heavy atom. The van der Waals surface area contributed by atoms with Crippen LogP contribution in [-0.2, 0) is 12.7 Å². The number of carbonyl (C=O) groups is 1. The maximum Gasteiger partial charge on any atom is 0.416 e. The van der Waals surface area contributed by atoms with Gasteiger partial charge in [0.05, 0.1) is 11.1 Å². The Morgan fingerprint density at radius 1 is 1.14 bits per heavy atom. The van der Waals surface area contributed by atoms with Crippen LogP contribution in [0.1, 0.15) is 21.5 Å². The average molecular weight is 376 g/mol. The van der Waals surface area contributed by atoms with Crippen molar-refractivity contribution in [2.24, 2.45) is 0 Å². The number of alkyl halides is 3. The van der Waals surface area contributed by atoms with E-state index in [2.05, 4.69) is 21.2 Å². The Kier molecular flexibility index (Phi) is 4.85. The highest BCUT2D eigenvalue weighted by Gasteiger charge is 2.30. The third kappa shape index (κ3) is 4.07. The van der Waals surface area contributed by atoms with Crippen molar-refractivity contribution in [3.8, 4) is 0 Å². The zero-order valence-corrected chi connectivity index (χ0v) is 12.6. The fourth-order valence-electron chi connectivity index (χ4n) is 1.81. The van der Waals surface area contributed by atoms with Crippen molar-refractivity contribution in [3.63, 3.8) is 0 Å². The van der Waals surface area contributed by atoms with E-state index < -0.39 is 23.5 Å². The lowest BCUT2D eigenvalue weighted by Crippen LogP contribution is -2.23. The predicted octanol–water partition coefficient (Wildman–Crippen LogP) is 4.54. The van der Waals surface area contributed by atoms with Gasteiger partial charge in [-0.05, 0) is 51.8 Å². The largest absolute Gasteiger partial charge is 0.416 e. The van der Waals surface area contributed by atoms with E-state index in [4.69, 9.17) is 0 Å². The van der Waals surface area contributed by atoms with Crippen LogP contribution in [0.25, 0.3) is 0 Å². The van der Waals surface area contributed by atoms with Crippen molar-refractivity contribution in [1.29, 1.82) is 0 Å². The fourth-order valence-corrected chi connectivity index (χ4v) is 2.23. The van der Waals surface area contributed by atoms with Gasteiger partial charge < -0.3 is 5.32 Å². The second kappa shape index (κ2) is 6.48. The number of nitrogens with one attached hydrogen (secondary N) is 1. The summed E-state index contributed by atoms with van der Waals surface area (Å²) >= 11 is 3.12. The van der Waals surface area contributed by atoms with Crippen LogP contribution in [0.2, 0.25) is 0 Å². The molecule has 0 heterocycles. The first kappa shape index (κ1) is 16.5. The van der Waals surface area contributed by atoms with E-state index in [-0.39, 0.29) is 12.1 Å². The molecule has 0 aliphatic heterocycles. The molecule has 0 saturated heterocycles. The van der Waals surface area contributed by atoms with E-state index in [1.807, 2.05) is 0 Å². The van der Waals surface area contributed by atoms with Crippen LogP contribution in [0.3, 0.4) is 0 Å². The molecule has 0 radical (unpaired) electrons. The summed E-state index contributed by atoms with van der Waals surface area (Å²) in [5.41, 5.74) is -0.408. The van der Waals surface area contributed by atoms with Gasteiger partial charge in [0.1, 0.15) is 5.82 Å². The summed E-state index contributed by atoms with van der Waals surface area (Å²) in [5.74, 6) is -1.16. The number of rotatable bonds is 3. The Labute approximate surface area is 132 Å². The molecule has 0 unspecified atom stereocenters. The first-order chi connectivity index (χ1) is 10.3. The Balaban J connectivity index is 2.10. The maximum atomic E-state index is 13.1. The summed E-state index contributed by atoms with van der Waals surface area (Å²) in [4.78, 5) is 11.9. The first-order valence-electron chi connectivity index (χ1n) is 6.17. The fraction of sp³-hybridized carbons (Fsp3) is 0.133. The van der Waals surface area contributed by atoms with Crippen molar-refractivity contribution in [2.75, 3.05) is 0 Å². The van der Waals surface area contributed by atoms with Gasteiger partial charge in [-0.15, -0.1) is 0 Å². The highest BCUT2D eigenvalue weighted by atomic mass is 79.9. The van der Waals surface area contributed by atoms with Gasteiger partial charge in [-0.1, -0.05) is 12.1 Å². The Bertz CT molecular complexity index is 700. The van der Waals surface area contributed by atoms with Crippen molar-refractivity contribution in [1.82, 2.24) is 5.32 Å². The lowest BCUT2D eigenvalue weighted by Gasteiger charge is -2.10. The molecule has 2 aromatic carbocycles. The summed E-state index contributed by atoms with van der Waals surface area (Å²) in [6.07, 6.45) is -4.44. The van der Waals surface area contributed by atoms with Gasteiger partial charge in [0.2, 0.25) is 0 Å². The second-order valence-corrected chi connectivity index (χ2v) is 5.36. The molecule has 2 aromatic rings. The normalized spacial score (nSPS) is 11.3. The highest BCUT2D eigenvalue weighted by molar-refractivity contribution is 9.10. The summed E-state index contributed by atoms with van der Waals surface area (Å²) in [7, 11) is 0. The lowest BCUT2D eigenvalue weighted by atomic mass is 10.1. The zero-order valence-electron chi connectivity index (χ0n) is 11.0. The van der Waals surface area contributed by atoms with Crippen LogP contribution in [0.15, 0.2) is 46.9 Å². The number of benzene rings is 2. The van der Waals surface area contributed by atoms with Gasteiger partial charge >= 0.3 is 6.18 Å². The molecule has 7 heteroatoms. The summed E-state index contributed by atoms with van der Waals surface area (Å²) in [6.45, 7) is -0.0916. The monoisotopic (exact) mass is 375 g/mol. The molecule has 0 spiro atoms. The van der Waals surface area contributed by atoms with Crippen LogP contribution in [0.4, 0.5) is 17.6 Å². The van der Waals surface area contributed by atoms with Crippen LogP contribution in [0.5, 0.6) is 0 Å². The SMILES string of the molecule is O=C(NCc1cccc(C(F)(F)F)c1)c1cc(F)ccc1Br. The summed E-state index contributed by atoms with van der Waals surface area (Å²) in [6, 6.07) is 8.27. The molecule has 0 bridgehead atoms. The zero-order chi connectivity index (χ0) is 16.3. The minimum absolute atomic E-state index is 0.0759. The molecular weight excluding hydrogens is 366 g/mol. The first-order valence-corrected chi connectivity index (χ1v) is 6.96. The third-order valence-corrected chi connectivity index (χ3v) is 3.57. The number of halogens is 5. The predicted molar refractivity (Wildman–Crippen MR) is 76.7 cm³/mol. The van der Waals surface area contributed by atoms with Crippen LogP contribution in [-0.4, -0.2) is 5.91 Å². The molecule has 0 saturated carbocycles. The molecule has 116 valence electrons. The Morgan fingerprint density at radius 2 is 1.86 bits per heavy atom. The molecule has 1 N–H and O–H groups in total. The average Bonchev–Trinajstić information content (AvgIpc) is 2.47. The minimum Gasteiger partial charge on any atom is -0.348 e. The van der Waals surface area contributed by atoms with Crippen LogP contribution in [0, 0.1) is 5.82 Å². The molecular formula is C15H10BrF4NO. The van der Waals surface area contributed by atoms with E-state index in [0.29, 0.717) is 10.0 Å². The molecule has 0 fully saturated rings. The van der Waals surface area contributed by atoms with Crippen LogP contribution < -0.4 is 5.32 Å². The number of carbonyl (C=O) groups excluding carboxylic acids is 1.